The highest BCUT2D eigenvalue weighted by Gasteiger charge is 2.35. The first-order valence-electron chi connectivity index (χ1n) is 14.4. The van der Waals surface area contributed by atoms with Crippen LogP contribution < -0.4 is 0 Å². The number of benzene rings is 3. The van der Waals surface area contributed by atoms with Gasteiger partial charge in [-0.05, 0) is 55.5 Å². The van der Waals surface area contributed by atoms with E-state index >= 15 is 0 Å². The van der Waals surface area contributed by atoms with Crippen molar-refractivity contribution < 1.29 is 15.0 Å². The predicted octanol–water partition coefficient (Wildman–Crippen LogP) is 5.59. The van der Waals surface area contributed by atoms with Crippen LogP contribution in [0.4, 0.5) is 0 Å². The molecule has 4 aromatic rings. The molecular weight excluding hydrogens is 514 g/mol. The van der Waals surface area contributed by atoms with E-state index in [1.165, 1.54) is 5.56 Å². The lowest BCUT2D eigenvalue weighted by molar-refractivity contribution is -0.137. The van der Waals surface area contributed by atoms with Crippen molar-refractivity contribution in [2.75, 3.05) is 13.1 Å². The normalized spacial score (nSPS) is 18.8. The fourth-order valence-corrected chi connectivity index (χ4v) is 5.80. The van der Waals surface area contributed by atoms with Crippen LogP contribution in [0, 0.1) is 0 Å². The second-order valence-electron chi connectivity index (χ2n) is 11.1. The molecule has 1 aromatic heterocycles. The summed E-state index contributed by atoms with van der Waals surface area (Å²) >= 11 is 0. The van der Waals surface area contributed by atoms with Crippen LogP contribution in [0.25, 0.3) is 11.3 Å². The summed E-state index contributed by atoms with van der Waals surface area (Å²) in [5.41, 5.74) is 5.34. The fourth-order valence-electron chi connectivity index (χ4n) is 5.80. The van der Waals surface area contributed by atoms with Crippen LogP contribution in [0.15, 0.2) is 85.1 Å². The highest BCUT2D eigenvalue weighted by molar-refractivity contribution is 5.66. The molecule has 41 heavy (non-hydrogen) atoms. The molecule has 2 N–H and O–H groups in total. The Kier molecular flexibility index (Phi) is 9.11. The molecule has 0 amide bonds. The summed E-state index contributed by atoms with van der Waals surface area (Å²) < 4.78 is 0. The van der Waals surface area contributed by atoms with Crippen LogP contribution in [-0.4, -0.2) is 66.1 Å². The van der Waals surface area contributed by atoms with E-state index in [2.05, 4.69) is 94.5 Å². The van der Waals surface area contributed by atoms with Gasteiger partial charge in [0.15, 0.2) is 0 Å². The van der Waals surface area contributed by atoms with Gasteiger partial charge in [0, 0.05) is 43.7 Å². The molecule has 214 valence electrons. The number of aromatic hydroxyl groups is 1. The number of hydrogen-bond acceptors (Lipinski definition) is 6. The van der Waals surface area contributed by atoms with E-state index in [1.807, 2.05) is 12.1 Å². The third-order valence-electron chi connectivity index (χ3n) is 7.97. The van der Waals surface area contributed by atoms with Gasteiger partial charge in [0.25, 0.3) is 0 Å². The summed E-state index contributed by atoms with van der Waals surface area (Å²) in [7, 11) is 0. The van der Waals surface area contributed by atoms with Gasteiger partial charge in [-0.25, -0.2) is 0 Å². The summed E-state index contributed by atoms with van der Waals surface area (Å²) in [5.74, 6) is -0.506. The first-order valence-corrected chi connectivity index (χ1v) is 14.4. The van der Waals surface area contributed by atoms with Gasteiger partial charge in [0.1, 0.15) is 11.4 Å². The van der Waals surface area contributed by atoms with Crippen molar-refractivity contribution in [3.05, 3.63) is 102 Å². The first-order chi connectivity index (χ1) is 19.9. The number of carboxylic acid groups (broad SMARTS) is 1. The van der Waals surface area contributed by atoms with Crippen LogP contribution in [0.2, 0.25) is 0 Å². The van der Waals surface area contributed by atoms with E-state index in [4.69, 9.17) is 5.11 Å². The number of unbranched alkanes of at least 4 members (excludes halogenated alkanes) is 1. The van der Waals surface area contributed by atoms with Gasteiger partial charge >= 0.3 is 5.97 Å². The second kappa shape index (κ2) is 13.1. The molecule has 1 saturated heterocycles. The van der Waals surface area contributed by atoms with Gasteiger partial charge in [-0.1, -0.05) is 66.7 Å². The molecule has 0 bridgehead atoms. The van der Waals surface area contributed by atoms with Gasteiger partial charge in [0.2, 0.25) is 0 Å². The molecule has 0 spiro atoms. The van der Waals surface area contributed by atoms with Crippen molar-refractivity contribution in [3.8, 4) is 17.0 Å². The number of carbonyl (C=O) groups is 1. The van der Waals surface area contributed by atoms with E-state index < -0.39 is 5.97 Å². The number of aliphatic carboxylic acids is 1. The molecule has 8 nitrogen and oxygen atoms in total. The Morgan fingerprint density at radius 1 is 0.927 bits per heavy atom. The molecule has 0 radical (unpaired) electrons. The van der Waals surface area contributed by atoms with Gasteiger partial charge in [0.05, 0.1) is 18.8 Å². The predicted molar refractivity (Wildman–Crippen MR) is 159 cm³/mol. The Hall–Kier alpha value is -4.01. The topological polar surface area (TPSA) is 94.7 Å². The van der Waals surface area contributed by atoms with Crippen LogP contribution in [-0.2, 0) is 17.9 Å². The Labute approximate surface area is 241 Å². The lowest BCUT2D eigenvalue weighted by Crippen LogP contribution is -2.56. The van der Waals surface area contributed by atoms with E-state index in [0.29, 0.717) is 25.0 Å². The summed E-state index contributed by atoms with van der Waals surface area (Å²) in [4.78, 5) is 17.5. The molecule has 2 heterocycles. The van der Waals surface area contributed by atoms with Crippen LogP contribution >= 0.6 is 0 Å². The van der Waals surface area contributed by atoms with Crippen LogP contribution in [0.5, 0.6) is 5.75 Å². The molecular formula is C33H39N5O3. The Morgan fingerprint density at radius 3 is 2.44 bits per heavy atom. The molecule has 5 rings (SSSR count). The zero-order valence-electron chi connectivity index (χ0n) is 23.8. The number of phenolic OH excluding ortho intramolecular Hbond substituents is 1. The van der Waals surface area contributed by atoms with Gasteiger partial charge in [-0.15, -0.1) is 0 Å². The Morgan fingerprint density at radius 2 is 1.71 bits per heavy atom. The number of nitrogens with zero attached hydrogens (tertiary/aromatic N) is 5. The minimum Gasteiger partial charge on any atom is -0.508 e. The SMILES string of the molecule is C[C@@H]1CN([C@H](c2ccc(-c3cnn(CCCCC(=O)O)n3)cc2)c2cccc(O)c2)[C@@H](C)CN1Cc1ccccc1. The molecule has 1 aliphatic rings. The molecule has 3 aromatic carbocycles. The van der Waals surface area contributed by atoms with Gasteiger partial charge in [-0.3, -0.25) is 14.6 Å². The highest BCUT2D eigenvalue weighted by atomic mass is 16.4. The number of rotatable bonds is 11. The summed E-state index contributed by atoms with van der Waals surface area (Å²) in [6.07, 6.45) is 3.25. The fraction of sp³-hybridized carbons (Fsp3) is 0.364. The summed E-state index contributed by atoms with van der Waals surface area (Å²) in [5, 5.41) is 28.2. The molecule has 1 fully saturated rings. The highest BCUT2D eigenvalue weighted by Crippen LogP contribution is 2.35. The monoisotopic (exact) mass is 553 g/mol. The number of hydrogen-bond donors (Lipinski definition) is 2. The smallest absolute Gasteiger partial charge is 0.303 e. The number of piperazine rings is 1. The zero-order valence-corrected chi connectivity index (χ0v) is 23.8. The number of aromatic nitrogens is 3. The molecule has 0 aliphatic carbocycles. The second-order valence-corrected chi connectivity index (χ2v) is 11.1. The van der Waals surface area contributed by atoms with Gasteiger partial charge in [-0.2, -0.15) is 15.0 Å². The molecule has 8 heteroatoms. The third-order valence-corrected chi connectivity index (χ3v) is 7.97. The number of phenols is 1. The van der Waals surface area contributed by atoms with Crippen molar-refractivity contribution in [2.45, 2.75) is 64.3 Å². The average Bonchev–Trinajstić information content (AvgIpc) is 3.44. The third kappa shape index (κ3) is 7.20. The van der Waals surface area contributed by atoms with E-state index in [1.54, 1.807) is 17.1 Å². The molecule has 0 unspecified atom stereocenters. The van der Waals surface area contributed by atoms with Crippen LogP contribution in [0.1, 0.15) is 55.8 Å². The maximum Gasteiger partial charge on any atom is 0.303 e. The average molecular weight is 554 g/mol. The standard InChI is InChI=1S/C33H39N5O3/c1-24-22-37(25(2)21-36(24)23-26-9-4-3-5-10-26)33(29-11-8-12-30(39)19-29)28-16-14-27(15-17-28)31-20-34-38(35-31)18-7-6-13-32(40)41/h3-5,8-12,14-17,19-20,24-25,33,39H,6-7,13,18,21-23H2,1-2H3,(H,40,41)/t24-,25+,33-/m1/s1. The minimum atomic E-state index is -0.777. The largest absolute Gasteiger partial charge is 0.508 e. The van der Waals surface area contributed by atoms with E-state index in [-0.39, 0.29) is 18.2 Å². The summed E-state index contributed by atoms with van der Waals surface area (Å²) in [6, 6.07) is 27.4. The summed E-state index contributed by atoms with van der Waals surface area (Å²) in [6.45, 7) is 7.99. The lowest BCUT2D eigenvalue weighted by atomic mass is 9.92. The van der Waals surface area contributed by atoms with Crippen molar-refractivity contribution in [2.24, 2.45) is 0 Å². The van der Waals surface area contributed by atoms with E-state index in [9.17, 15) is 9.90 Å². The van der Waals surface area contributed by atoms with Crippen molar-refractivity contribution in [3.63, 3.8) is 0 Å². The lowest BCUT2D eigenvalue weighted by Gasteiger charge is -2.47. The van der Waals surface area contributed by atoms with Crippen molar-refractivity contribution >= 4 is 5.97 Å². The molecule has 0 saturated carbocycles. The quantitative estimate of drug-likeness (QED) is 0.234. The maximum absolute atomic E-state index is 10.7. The Bertz CT molecular complexity index is 1420. The van der Waals surface area contributed by atoms with Crippen molar-refractivity contribution in [1.82, 2.24) is 24.8 Å². The van der Waals surface area contributed by atoms with Crippen LogP contribution in [0.3, 0.4) is 0 Å². The van der Waals surface area contributed by atoms with Gasteiger partial charge < -0.3 is 10.2 Å². The van der Waals surface area contributed by atoms with Crippen molar-refractivity contribution in [1.29, 1.82) is 0 Å². The first kappa shape index (κ1) is 28.5. The maximum atomic E-state index is 10.7. The van der Waals surface area contributed by atoms with E-state index in [0.717, 1.165) is 48.4 Å². The number of carboxylic acids is 1. The molecule has 1 aliphatic heterocycles. The zero-order chi connectivity index (χ0) is 28.8. The Balaban J connectivity index is 1.34. The minimum absolute atomic E-state index is 0.00241. The number of aryl methyl sites for hydroxylation is 1. The molecule has 3 atom stereocenters.